The maximum Gasteiger partial charge on any atom is 0.307 e. The van der Waals surface area contributed by atoms with Crippen molar-refractivity contribution < 1.29 is 18.3 Å². The van der Waals surface area contributed by atoms with Crippen molar-refractivity contribution in [2.75, 3.05) is 24.5 Å². The second kappa shape index (κ2) is 7.93. The zero-order chi connectivity index (χ0) is 20.5. The predicted octanol–water partition coefficient (Wildman–Crippen LogP) is 2.83. The zero-order valence-corrected chi connectivity index (χ0v) is 17.2. The van der Waals surface area contributed by atoms with Crippen LogP contribution in [0.5, 0.6) is 0 Å². The van der Waals surface area contributed by atoms with Crippen molar-refractivity contribution in [3.8, 4) is 0 Å². The van der Waals surface area contributed by atoms with Gasteiger partial charge in [-0.2, -0.15) is 4.31 Å². The highest BCUT2D eigenvalue weighted by atomic mass is 32.2. The lowest BCUT2D eigenvalue weighted by Gasteiger charge is -2.40. The standard InChI is InChI=1S/C21H26N2O4S/c1-15-4-7-19(8-5-15)23-11-10-22(14-17(23)3)28(26,27)20-9-6-16(2)18(12-20)13-21(24)25/h4-9,12,17H,10-11,13-14H2,1-3H3,(H,24,25). The van der Waals surface area contributed by atoms with Crippen LogP contribution in [0.25, 0.3) is 0 Å². The third kappa shape index (κ3) is 4.20. The summed E-state index contributed by atoms with van der Waals surface area (Å²) in [6.45, 7) is 7.24. The van der Waals surface area contributed by atoms with Crippen molar-refractivity contribution in [1.29, 1.82) is 0 Å². The molecule has 150 valence electrons. The Bertz CT molecular complexity index is 970. The van der Waals surface area contributed by atoms with Gasteiger partial charge in [-0.15, -0.1) is 0 Å². The van der Waals surface area contributed by atoms with E-state index >= 15 is 0 Å². The van der Waals surface area contributed by atoms with Gasteiger partial charge in [0.25, 0.3) is 0 Å². The summed E-state index contributed by atoms with van der Waals surface area (Å²) in [5.74, 6) is -0.974. The van der Waals surface area contributed by atoms with Crippen LogP contribution >= 0.6 is 0 Å². The monoisotopic (exact) mass is 402 g/mol. The van der Waals surface area contributed by atoms with E-state index in [4.69, 9.17) is 5.11 Å². The minimum Gasteiger partial charge on any atom is -0.481 e. The van der Waals surface area contributed by atoms with Crippen molar-refractivity contribution in [2.24, 2.45) is 0 Å². The fourth-order valence-corrected chi connectivity index (χ4v) is 5.14. The summed E-state index contributed by atoms with van der Waals surface area (Å²) < 4.78 is 27.8. The van der Waals surface area contributed by atoms with E-state index in [1.54, 1.807) is 19.1 Å². The van der Waals surface area contributed by atoms with Crippen LogP contribution in [0.2, 0.25) is 0 Å². The van der Waals surface area contributed by atoms with Crippen LogP contribution in [-0.2, 0) is 21.2 Å². The van der Waals surface area contributed by atoms with Crippen molar-refractivity contribution >= 4 is 21.7 Å². The Morgan fingerprint density at radius 3 is 2.39 bits per heavy atom. The minimum absolute atomic E-state index is 0.0372. The summed E-state index contributed by atoms with van der Waals surface area (Å²) in [6, 6.07) is 13.0. The summed E-state index contributed by atoms with van der Waals surface area (Å²) in [5, 5.41) is 9.06. The van der Waals surface area contributed by atoms with Crippen molar-refractivity contribution in [2.45, 2.75) is 38.1 Å². The molecule has 0 amide bonds. The molecule has 1 unspecified atom stereocenters. The quantitative estimate of drug-likeness (QED) is 0.832. The molecule has 0 radical (unpaired) electrons. The smallest absolute Gasteiger partial charge is 0.307 e. The minimum atomic E-state index is -3.67. The fraction of sp³-hybridized carbons (Fsp3) is 0.381. The highest BCUT2D eigenvalue weighted by Crippen LogP contribution is 2.26. The van der Waals surface area contributed by atoms with Crippen LogP contribution in [-0.4, -0.2) is 49.5 Å². The van der Waals surface area contributed by atoms with Crippen LogP contribution in [0.3, 0.4) is 0 Å². The van der Waals surface area contributed by atoms with Gasteiger partial charge in [-0.05, 0) is 56.2 Å². The molecule has 1 N–H and O–H groups in total. The molecule has 0 aliphatic carbocycles. The SMILES string of the molecule is Cc1ccc(N2CCN(S(=O)(=O)c3ccc(C)c(CC(=O)O)c3)CC2C)cc1. The molecular weight excluding hydrogens is 376 g/mol. The van der Waals surface area contributed by atoms with Crippen LogP contribution in [0, 0.1) is 13.8 Å². The van der Waals surface area contributed by atoms with E-state index in [1.165, 1.54) is 15.9 Å². The maximum atomic E-state index is 13.1. The summed E-state index contributed by atoms with van der Waals surface area (Å²) in [6.07, 6.45) is -0.188. The molecule has 1 saturated heterocycles. The van der Waals surface area contributed by atoms with Gasteiger partial charge >= 0.3 is 5.97 Å². The largest absolute Gasteiger partial charge is 0.481 e. The normalized spacial score (nSPS) is 18.2. The number of aryl methyl sites for hydroxylation is 2. The molecular formula is C21H26N2O4S. The van der Waals surface area contributed by atoms with Gasteiger partial charge in [0.15, 0.2) is 0 Å². The van der Waals surface area contributed by atoms with Crippen LogP contribution in [0.15, 0.2) is 47.4 Å². The van der Waals surface area contributed by atoms with Gasteiger partial charge in [-0.1, -0.05) is 23.8 Å². The van der Waals surface area contributed by atoms with E-state index in [-0.39, 0.29) is 17.4 Å². The first-order valence-electron chi connectivity index (χ1n) is 9.33. The maximum absolute atomic E-state index is 13.1. The molecule has 1 aliphatic rings. The summed E-state index contributed by atoms with van der Waals surface area (Å²) in [5.41, 5.74) is 3.59. The number of hydrogen-bond acceptors (Lipinski definition) is 4. The number of sulfonamides is 1. The van der Waals surface area contributed by atoms with Gasteiger partial charge in [0, 0.05) is 31.4 Å². The van der Waals surface area contributed by atoms with E-state index in [2.05, 4.69) is 29.2 Å². The first kappa shape index (κ1) is 20.4. The number of carbonyl (C=O) groups is 1. The highest BCUT2D eigenvalue weighted by Gasteiger charge is 2.32. The lowest BCUT2D eigenvalue weighted by Crippen LogP contribution is -2.53. The molecule has 2 aromatic carbocycles. The first-order valence-corrected chi connectivity index (χ1v) is 10.8. The predicted molar refractivity (Wildman–Crippen MR) is 109 cm³/mol. The van der Waals surface area contributed by atoms with E-state index < -0.39 is 16.0 Å². The van der Waals surface area contributed by atoms with E-state index in [9.17, 15) is 13.2 Å². The molecule has 0 saturated carbocycles. The van der Waals surface area contributed by atoms with Gasteiger partial charge < -0.3 is 10.0 Å². The highest BCUT2D eigenvalue weighted by molar-refractivity contribution is 7.89. The molecule has 0 spiro atoms. The van der Waals surface area contributed by atoms with Gasteiger partial charge in [-0.3, -0.25) is 4.79 Å². The number of piperazine rings is 1. The number of anilines is 1. The van der Waals surface area contributed by atoms with Crippen LogP contribution < -0.4 is 4.90 Å². The Hall–Kier alpha value is -2.38. The number of hydrogen-bond donors (Lipinski definition) is 1. The summed E-state index contributed by atoms with van der Waals surface area (Å²) in [7, 11) is -3.67. The van der Waals surface area contributed by atoms with Gasteiger partial charge in [-0.25, -0.2) is 8.42 Å². The average molecular weight is 403 g/mol. The third-order valence-corrected chi connectivity index (χ3v) is 7.12. The van der Waals surface area contributed by atoms with Crippen molar-refractivity contribution in [3.63, 3.8) is 0 Å². The van der Waals surface area contributed by atoms with Gasteiger partial charge in [0.1, 0.15) is 0 Å². The Morgan fingerprint density at radius 1 is 1.11 bits per heavy atom. The fourth-order valence-electron chi connectivity index (χ4n) is 3.57. The number of rotatable bonds is 5. The molecule has 0 bridgehead atoms. The molecule has 2 aromatic rings. The molecule has 28 heavy (non-hydrogen) atoms. The molecule has 6 nitrogen and oxygen atoms in total. The summed E-state index contributed by atoms with van der Waals surface area (Å²) in [4.78, 5) is 13.4. The number of nitrogens with zero attached hydrogens (tertiary/aromatic N) is 2. The Morgan fingerprint density at radius 2 is 1.79 bits per heavy atom. The second-order valence-corrected chi connectivity index (χ2v) is 9.34. The number of benzene rings is 2. The average Bonchev–Trinajstić information content (AvgIpc) is 2.64. The third-order valence-electron chi connectivity index (χ3n) is 5.26. The van der Waals surface area contributed by atoms with Crippen molar-refractivity contribution in [3.05, 3.63) is 59.2 Å². The van der Waals surface area contributed by atoms with Gasteiger partial charge in [0.05, 0.1) is 11.3 Å². The number of aliphatic carboxylic acids is 1. The van der Waals surface area contributed by atoms with E-state index in [1.807, 2.05) is 13.8 Å². The van der Waals surface area contributed by atoms with Crippen LogP contribution in [0.1, 0.15) is 23.6 Å². The molecule has 0 aromatic heterocycles. The Labute approximate surface area is 166 Å². The number of carboxylic acids is 1. The zero-order valence-electron chi connectivity index (χ0n) is 16.4. The molecule has 7 heteroatoms. The Kier molecular flexibility index (Phi) is 5.76. The van der Waals surface area contributed by atoms with E-state index in [0.29, 0.717) is 25.2 Å². The lowest BCUT2D eigenvalue weighted by atomic mass is 10.1. The molecule has 1 heterocycles. The first-order chi connectivity index (χ1) is 13.2. The van der Waals surface area contributed by atoms with Gasteiger partial charge in [0.2, 0.25) is 10.0 Å². The molecule has 3 rings (SSSR count). The molecule has 1 fully saturated rings. The molecule has 1 atom stereocenters. The summed E-state index contributed by atoms with van der Waals surface area (Å²) >= 11 is 0. The van der Waals surface area contributed by atoms with Crippen LogP contribution in [0.4, 0.5) is 5.69 Å². The molecule has 1 aliphatic heterocycles. The topological polar surface area (TPSA) is 77.9 Å². The van der Waals surface area contributed by atoms with E-state index in [0.717, 1.165) is 11.3 Å². The van der Waals surface area contributed by atoms with Crippen molar-refractivity contribution in [1.82, 2.24) is 4.31 Å². The number of carboxylic acid groups (broad SMARTS) is 1. The lowest BCUT2D eigenvalue weighted by molar-refractivity contribution is -0.136. The Balaban J connectivity index is 1.80. The second-order valence-electron chi connectivity index (χ2n) is 7.40.